The summed E-state index contributed by atoms with van der Waals surface area (Å²) in [5.41, 5.74) is 5.89. The molecule has 3 aromatic rings. The van der Waals surface area contributed by atoms with Gasteiger partial charge in [0.2, 0.25) is 5.13 Å². The van der Waals surface area contributed by atoms with E-state index in [9.17, 15) is 0 Å². The van der Waals surface area contributed by atoms with Gasteiger partial charge in [0, 0.05) is 33.4 Å². The van der Waals surface area contributed by atoms with Gasteiger partial charge in [-0.1, -0.05) is 34.1 Å². The molecule has 0 bridgehead atoms. The lowest BCUT2D eigenvalue weighted by molar-refractivity contribution is 1.28. The van der Waals surface area contributed by atoms with E-state index in [4.69, 9.17) is 0 Å². The predicted molar refractivity (Wildman–Crippen MR) is 101 cm³/mol. The average molecular weight is 440 g/mol. The highest BCUT2D eigenvalue weighted by Gasteiger charge is 2.03. The summed E-state index contributed by atoms with van der Waals surface area (Å²) in [5, 5.41) is 6.92. The van der Waals surface area contributed by atoms with E-state index < -0.39 is 0 Å². The SMILES string of the molecule is Br.Brc1ccc(-c2csc(NN=Cc3cccnc3)n2)cc1. The van der Waals surface area contributed by atoms with Gasteiger partial charge >= 0.3 is 0 Å². The maximum atomic E-state index is 4.50. The Bertz CT molecular complexity index is 742. The van der Waals surface area contributed by atoms with Crippen LogP contribution in [0.5, 0.6) is 0 Å². The molecule has 2 aromatic heterocycles. The van der Waals surface area contributed by atoms with Gasteiger partial charge in [-0.2, -0.15) is 5.10 Å². The van der Waals surface area contributed by atoms with Gasteiger partial charge in [0.1, 0.15) is 0 Å². The molecule has 2 heterocycles. The van der Waals surface area contributed by atoms with Gasteiger partial charge in [0.15, 0.2) is 0 Å². The molecule has 7 heteroatoms. The first-order valence-corrected chi connectivity index (χ1v) is 7.89. The van der Waals surface area contributed by atoms with Crippen LogP contribution in [0.2, 0.25) is 0 Å². The van der Waals surface area contributed by atoms with Gasteiger partial charge in [-0.25, -0.2) is 4.98 Å². The zero-order valence-corrected chi connectivity index (χ0v) is 15.4. The molecule has 0 amide bonds. The van der Waals surface area contributed by atoms with Crippen molar-refractivity contribution in [2.75, 3.05) is 5.43 Å². The number of anilines is 1. The summed E-state index contributed by atoms with van der Waals surface area (Å²) in [7, 11) is 0. The normalized spacial score (nSPS) is 10.4. The minimum Gasteiger partial charge on any atom is -0.264 e. The van der Waals surface area contributed by atoms with Crippen molar-refractivity contribution in [1.29, 1.82) is 0 Å². The number of hydrogen-bond acceptors (Lipinski definition) is 5. The fraction of sp³-hybridized carbons (Fsp3) is 0. The summed E-state index contributed by atoms with van der Waals surface area (Å²) in [6.07, 6.45) is 5.20. The molecule has 0 unspecified atom stereocenters. The zero-order valence-electron chi connectivity index (χ0n) is 11.3. The number of rotatable bonds is 4. The molecule has 0 aliphatic rings. The minimum absolute atomic E-state index is 0. The second-order valence-corrected chi connectivity index (χ2v) is 5.97. The Morgan fingerprint density at radius 3 is 2.73 bits per heavy atom. The first-order valence-electron chi connectivity index (χ1n) is 6.22. The van der Waals surface area contributed by atoms with Gasteiger partial charge in [-0.05, 0) is 18.2 Å². The molecule has 3 rings (SSSR count). The molecule has 0 aliphatic heterocycles. The van der Waals surface area contributed by atoms with E-state index in [0.29, 0.717) is 0 Å². The molecular formula is C15H12Br2N4S. The summed E-state index contributed by atoms with van der Waals surface area (Å²) < 4.78 is 1.06. The number of nitrogens with zero attached hydrogens (tertiary/aromatic N) is 3. The highest BCUT2D eigenvalue weighted by atomic mass is 79.9. The second-order valence-electron chi connectivity index (χ2n) is 4.20. The van der Waals surface area contributed by atoms with E-state index in [0.717, 1.165) is 26.4 Å². The highest BCUT2D eigenvalue weighted by molar-refractivity contribution is 9.10. The van der Waals surface area contributed by atoms with E-state index >= 15 is 0 Å². The third kappa shape index (κ3) is 4.46. The van der Waals surface area contributed by atoms with Gasteiger partial charge in [-0.15, -0.1) is 28.3 Å². The first-order chi connectivity index (χ1) is 10.3. The molecule has 1 N–H and O–H groups in total. The van der Waals surface area contributed by atoms with E-state index in [1.807, 2.05) is 41.8 Å². The van der Waals surface area contributed by atoms with Crippen molar-refractivity contribution >= 4 is 55.6 Å². The van der Waals surface area contributed by atoms with E-state index in [1.165, 1.54) is 11.3 Å². The molecule has 4 nitrogen and oxygen atoms in total. The number of benzene rings is 1. The largest absolute Gasteiger partial charge is 0.264 e. The van der Waals surface area contributed by atoms with Crippen molar-refractivity contribution < 1.29 is 0 Å². The number of pyridine rings is 1. The molecule has 1 aromatic carbocycles. The van der Waals surface area contributed by atoms with Gasteiger partial charge in [-0.3, -0.25) is 10.4 Å². The first kappa shape index (κ1) is 16.8. The number of hydrogen-bond donors (Lipinski definition) is 1. The Morgan fingerprint density at radius 2 is 2.00 bits per heavy atom. The Kier molecular flexibility index (Phi) is 6.23. The fourth-order valence-electron chi connectivity index (χ4n) is 1.69. The summed E-state index contributed by atoms with van der Waals surface area (Å²) in [5.74, 6) is 0. The average Bonchev–Trinajstić information content (AvgIpc) is 2.98. The van der Waals surface area contributed by atoms with E-state index in [2.05, 4.69) is 36.4 Å². The topological polar surface area (TPSA) is 50.2 Å². The minimum atomic E-state index is 0. The lowest BCUT2D eigenvalue weighted by Gasteiger charge is -1.96. The lowest BCUT2D eigenvalue weighted by atomic mass is 10.2. The smallest absolute Gasteiger partial charge is 0.203 e. The molecule has 0 spiro atoms. The number of thiazole rings is 1. The van der Waals surface area contributed by atoms with Crippen molar-refractivity contribution in [2.45, 2.75) is 0 Å². The highest BCUT2D eigenvalue weighted by Crippen LogP contribution is 2.25. The number of aromatic nitrogens is 2. The summed E-state index contributed by atoms with van der Waals surface area (Å²) in [6, 6.07) is 11.9. The van der Waals surface area contributed by atoms with Crippen LogP contribution in [0.25, 0.3) is 11.3 Å². The molecule has 0 radical (unpaired) electrons. The molecule has 0 aliphatic carbocycles. The maximum Gasteiger partial charge on any atom is 0.203 e. The second kappa shape index (κ2) is 8.17. The Hall–Kier alpha value is -1.57. The third-order valence-corrected chi connectivity index (χ3v) is 3.98. The molecule has 112 valence electrons. The van der Waals surface area contributed by atoms with Crippen LogP contribution < -0.4 is 5.43 Å². The summed E-state index contributed by atoms with van der Waals surface area (Å²) in [6.45, 7) is 0. The van der Waals surface area contributed by atoms with Crippen LogP contribution in [0.4, 0.5) is 5.13 Å². The van der Waals surface area contributed by atoms with Crippen LogP contribution in [0, 0.1) is 0 Å². The Balaban J connectivity index is 0.00000176. The Morgan fingerprint density at radius 1 is 1.18 bits per heavy atom. The van der Waals surface area contributed by atoms with Gasteiger partial charge in [0.05, 0.1) is 11.9 Å². The fourth-order valence-corrected chi connectivity index (χ4v) is 2.63. The molecule has 0 saturated carbocycles. The van der Waals surface area contributed by atoms with Crippen molar-refractivity contribution in [3.63, 3.8) is 0 Å². The quantitative estimate of drug-likeness (QED) is 0.460. The van der Waals surface area contributed by atoms with Gasteiger partial charge in [0.25, 0.3) is 0 Å². The van der Waals surface area contributed by atoms with Crippen LogP contribution in [0.1, 0.15) is 5.56 Å². The summed E-state index contributed by atoms with van der Waals surface area (Å²) >= 11 is 4.95. The maximum absolute atomic E-state index is 4.50. The third-order valence-electron chi connectivity index (χ3n) is 2.70. The van der Waals surface area contributed by atoms with Crippen molar-refractivity contribution in [3.05, 3.63) is 64.2 Å². The molecule has 0 fully saturated rings. The van der Waals surface area contributed by atoms with E-state index in [1.54, 1.807) is 18.6 Å². The monoisotopic (exact) mass is 438 g/mol. The van der Waals surface area contributed by atoms with Crippen molar-refractivity contribution in [1.82, 2.24) is 9.97 Å². The molecule has 0 saturated heterocycles. The van der Waals surface area contributed by atoms with Crippen LogP contribution in [-0.2, 0) is 0 Å². The molecule has 0 atom stereocenters. The zero-order chi connectivity index (χ0) is 14.5. The molecular weight excluding hydrogens is 428 g/mol. The van der Waals surface area contributed by atoms with Crippen LogP contribution in [0.3, 0.4) is 0 Å². The van der Waals surface area contributed by atoms with Gasteiger partial charge < -0.3 is 0 Å². The Labute approximate surface area is 151 Å². The van der Waals surface area contributed by atoms with Crippen molar-refractivity contribution in [3.8, 4) is 11.3 Å². The number of hydrazone groups is 1. The number of halogens is 2. The van der Waals surface area contributed by atoms with Crippen LogP contribution >= 0.6 is 44.2 Å². The predicted octanol–water partition coefficient (Wildman–Crippen LogP) is 4.99. The number of nitrogens with one attached hydrogen (secondary N) is 1. The lowest BCUT2D eigenvalue weighted by Crippen LogP contribution is -1.90. The molecule has 22 heavy (non-hydrogen) atoms. The van der Waals surface area contributed by atoms with Crippen molar-refractivity contribution in [2.24, 2.45) is 5.10 Å². The van der Waals surface area contributed by atoms with Crippen LogP contribution in [-0.4, -0.2) is 16.2 Å². The summed E-state index contributed by atoms with van der Waals surface area (Å²) in [4.78, 5) is 8.53. The van der Waals surface area contributed by atoms with E-state index in [-0.39, 0.29) is 17.0 Å². The standard InChI is InChI=1S/C15H11BrN4S.BrH/c16-13-5-3-12(4-6-13)14-10-21-15(19-14)20-18-9-11-2-1-7-17-8-11;/h1-10H,(H,19,20);1H. The van der Waals surface area contributed by atoms with Crippen LogP contribution in [0.15, 0.2) is 63.7 Å².